The summed E-state index contributed by atoms with van der Waals surface area (Å²) in [5.41, 5.74) is 0. The molecular formula is C19H25N2O8S-. The summed E-state index contributed by atoms with van der Waals surface area (Å²) in [6.07, 6.45) is 9.02. The standard InChI is InChI=1S/C19H26N2O8S/c22-15-10-11-16(23)20(15)12-8-6-4-2-1-3-5-7-9-18(25)29-21-17(24)13-14(19(21)26)30(27)28/h10-11,14H,1-9,12-13H2,(H,27,28)/p-1. The fraction of sp³-hybridized carbons (Fsp3) is 0.632. The Morgan fingerprint density at radius 1 is 0.967 bits per heavy atom. The van der Waals surface area contributed by atoms with Gasteiger partial charge in [0, 0.05) is 25.1 Å². The number of nitrogens with zero attached hydrogens (tertiary/aromatic N) is 2. The van der Waals surface area contributed by atoms with Crippen LogP contribution in [0.2, 0.25) is 0 Å². The van der Waals surface area contributed by atoms with Gasteiger partial charge in [-0.05, 0) is 23.9 Å². The van der Waals surface area contributed by atoms with Crippen LogP contribution in [-0.4, -0.2) is 60.1 Å². The third-order valence-electron chi connectivity index (χ3n) is 4.90. The number of amides is 4. The lowest BCUT2D eigenvalue weighted by atomic mass is 10.1. The molecule has 2 unspecified atom stereocenters. The molecule has 4 amide bonds. The van der Waals surface area contributed by atoms with E-state index in [1.165, 1.54) is 17.1 Å². The van der Waals surface area contributed by atoms with Crippen LogP contribution in [0.3, 0.4) is 0 Å². The summed E-state index contributed by atoms with van der Waals surface area (Å²) >= 11 is -2.73. The molecule has 2 rings (SSSR count). The van der Waals surface area contributed by atoms with Crippen molar-refractivity contribution in [3.63, 3.8) is 0 Å². The zero-order valence-corrected chi connectivity index (χ0v) is 17.4. The summed E-state index contributed by atoms with van der Waals surface area (Å²) in [7, 11) is 0. The van der Waals surface area contributed by atoms with Crippen molar-refractivity contribution in [1.82, 2.24) is 9.96 Å². The zero-order valence-electron chi connectivity index (χ0n) is 16.6. The van der Waals surface area contributed by atoms with E-state index in [1.54, 1.807) is 0 Å². The Labute approximate surface area is 176 Å². The lowest BCUT2D eigenvalue weighted by Gasteiger charge is -2.14. The second kappa shape index (κ2) is 11.7. The molecule has 2 aliphatic heterocycles. The van der Waals surface area contributed by atoms with Gasteiger partial charge in [-0.1, -0.05) is 38.5 Å². The Balaban J connectivity index is 1.46. The summed E-state index contributed by atoms with van der Waals surface area (Å²) in [6, 6.07) is 0. The highest BCUT2D eigenvalue weighted by Crippen LogP contribution is 2.18. The van der Waals surface area contributed by atoms with Crippen LogP contribution < -0.4 is 0 Å². The highest BCUT2D eigenvalue weighted by Gasteiger charge is 2.42. The SMILES string of the molecule is O=C(CCCCCCCCCCN1C(=O)C=CC1=O)ON1C(=O)CC(S(=O)[O-])C1=O. The number of hydrogen-bond acceptors (Lipinski definition) is 8. The monoisotopic (exact) mass is 441 g/mol. The van der Waals surface area contributed by atoms with Crippen molar-refractivity contribution in [3.05, 3.63) is 12.2 Å². The van der Waals surface area contributed by atoms with Gasteiger partial charge in [0.05, 0.1) is 6.42 Å². The molecule has 0 aromatic heterocycles. The maximum atomic E-state index is 11.8. The maximum Gasteiger partial charge on any atom is 0.333 e. The summed E-state index contributed by atoms with van der Waals surface area (Å²) in [5.74, 6) is -3.11. The molecule has 0 aromatic carbocycles. The molecule has 2 heterocycles. The van der Waals surface area contributed by atoms with Gasteiger partial charge in [-0.2, -0.15) is 0 Å². The molecule has 0 aromatic rings. The van der Waals surface area contributed by atoms with Gasteiger partial charge in [0.25, 0.3) is 23.6 Å². The number of hydrogen-bond donors (Lipinski definition) is 0. The fourth-order valence-electron chi connectivity index (χ4n) is 3.23. The summed E-state index contributed by atoms with van der Waals surface area (Å²) in [5, 5.41) is -1.24. The first-order chi connectivity index (χ1) is 14.3. The number of unbranched alkanes of at least 4 members (excludes halogenated alkanes) is 7. The molecule has 0 N–H and O–H groups in total. The van der Waals surface area contributed by atoms with Crippen LogP contribution in [0.15, 0.2) is 12.2 Å². The molecule has 166 valence electrons. The van der Waals surface area contributed by atoms with E-state index in [9.17, 15) is 32.7 Å². The van der Waals surface area contributed by atoms with Gasteiger partial charge in [-0.15, -0.1) is 5.06 Å². The van der Waals surface area contributed by atoms with Crippen LogP contribution in [0, 0.1) is 0 Å². The van der Waals surface area contributed by atoms with Gasteiger partial charge in [-0.3, -0.25) is 28.3 Å². The lowest BCUT2D eigenvalue weighted by Crippen LogP contribution is -2.35. The Kier molecular flexibility index (Phi) is 9.31. The third kappa shape index (κ3) is 6.84. The van der Waals surface area contributed by atoms with Crippen LogP contribution in [0.1, 0.15) is 64.2 Å². The minimum absolute atomic E-state index is 0.0358. The largest absolute Gasteiger partial charge is 0.772 e. The molecule has 0 bridgehead atoms. The van der Waals surface area contributed by atoms with Crippen molar-refractivity contribution in [1.29, 1.82) is 0 Å². The summed E-state index contributed by atoms with van der Waals surface area (Å²) < 4.78 is 21.7. The Morgan fingerprint density at radius 3 is 2.03 bits per heavy atom. The number of rotatable bonds is 13. The van der Waals surface area contributed by atoms with E-state index in [0.717, 1.165) is 44.9 Å². The van der Waals surface area contributed by atoms with Crippen LogP contribution in [0.25, 0.3) is 0 Å². The van der Waals surface area contributed by atoms with E-state index in [0.29, 0.717) is 13.0 Å². The first-order valence-electron chi connectivity index (χ1n) is 10.0. The van der Waals surface area contributed by atoms with E-state index in [2.05, 4.69) is 0 Å². The Bertz CT molecular complexity index is 733. The quantitative estimate of drug-likeness (QED) is 0.233. The van der Waals surface area contributed by atoms with Gasteiger partial charge in [0.1, 0.15) is 5.25 Å². The van der Waals surface area contributed by atoms with Crippen molar-refractivity contribution in [3.8, 4) is 0 Å². The van der Waals surface area contributed by atoms with E-state index in [-0.39, 0.29) is 23.3 Å². The molecule has 2 atom stereocenters. The van der Waals surface area contributed by atoms with Crippen LogP contribution in [-0.2, 0) is 39.9 Å². The predicted molar refractivity (Wildman–Crippen MR) is 103 cm³/mol. The maximum absolute atomic E-state index is 11.8. The average Bonchev–Trinajstić information content (AvgIpc) is 3.16. The lowest BCUT2D eigenvalue weighted by molar-refractivity contribution is -0.197. The molecule has 2 aliphatic rings. The average molecular weight is 441 g/mol. The number of hydroxylamine groups is 2. The minimum atomic E-state index is -2.73. The molecular weight excluding hydrogens is 416 g/mol. The molecule has 1 fully saturated rings. The molecule has 30 heavy (non-hydrogen) atoms. The second-order valence-electron chi connectivity index (χ2n) is 7.18. The molecule has 0 aliphatic carbocycles. The van der Waals surface area contributed by atoms with Crippen LogP contribution in [0.4, 0.5) is 0 Å². The minimum Gasteiger partial charge on any atom is -0.772 e. The molecule has 10 nitrogen and oxygen atoms in total. The first kappa shape index (κ1) is 23.9. The van der Waals surface area contributed by atoms with E-state index >= 15 is 0 Å². The Morgan fingerprint density at radius 2 is 1.50 bits per heavy atom. The highest BCUT2D eigenvalue weighted by atomic mass is 32.2. The smallest absolute Gasteiger partial charge is 0.333 e. The normalized spacial score (nSPS) is 19.8. The van der Waals surface area contributed by atoms with Crippen molar-refractivity contribution >= 4 is 40.7 Å². The fourth-order valence-corrected chi connectivity index (χ4v) is 3.77. The van der Waals surface area contributed by atoms with Gasteiger partial charge >= 0.3 is 5.97 Å². The molecule has 1 saturated heterocycles. The summed E-state index contributed by atoms with van der Waals surface area (Å²) in [6.45, 7) is 0.445. The second-order valence-corrected chi connectivity index (χ2v) is 8.27. The Hall–Kier alpha value is -2.40. The topological polar surface area (TPSA) is 141 Å². The highest BCUT2D eigenvalue weighted by molar-refractivity contribution is 7.80. The van der Waals surface area contributed by atoms with Gasteiger partial charge in [0.2, 0.25) is 0 Å². The van der Waals surface area contributed by atoms with Crippen molar-refractivity contribution in [2.45, 2.75) is 69.5 Å². The van der Waals surface area contributed by atoms with E-state index in [1.807, 2.05) is 0 Å². The molecule has 0 spiro atoms. The zero-order chi connectivity index (χ0) is 22.1. The first-order valence-corrected chi connectivity index (χ1v) is 11.1. The van der Waals surface area contributed by atoms with E-state index in [4.69, 9.17) is 4.84 Å². The molecule has 11 heteroatoms. The van der Waals surface area contributed by atoms with Crippen LogP contribution >= 0.6 is 0 Å². The number of carbonyl (C=O) groups excluding carboxylic acids is 5. The number of imide groups is 2. The number of carbonyl (C=O) groups is 5. The van der Waals surface area contributed by atoms with Gasteiger partial charge in [0.15, 0.2) is 0 Å². The van der Waals surface area contributed by atoms with Crippen molar-refractivity contribution < 1.29 is 37.6 Å². The molecule has 0 saturated carbocycles. The predicted octanol–water partition coefficient (Wildman–Crippen LogP) is 0.887. The summed E-state index contributed by atoms with van der Waals surface area (Å²) in [4.78, 5) is 63.8. The third-order valence-corrected chi connectivity index (χ3v) is 5.73. The molecule has 0 radical (unpaired) electrons. The van der Waals surface area contributed by atoms with Crippen LogP contribution in [0.5, 0.6) is 0 Å². The van der Waals surface area contributed by atoms with Crippen molar-refractivity contribution in [2.24, 2.45) is 0 Å². The van der Waals surface area contributed by atoms with Crippen molar-refractivity contribution in [2.75, 3.05) is 6.54 Å². The van der Waals surface area contributed by atoms with Gasteiger partial charge in [-0.25, -0.2) is 4.79 Å². The van der Waals surface area contributed by atoms with E-state index < -0.39 is 40.5 Å². The van der Waals surface area contributed by atoms with Gasteiger partial charge < -0.3 is 9.39 Å².